The van der Waals surface area contributed by atoms with Crippen LogP contribution in [-0.4, -0.2) is 24.5 Å². The molecule has 1 heterocycles. The van der Waals surface area contributed by atoms with E-state index in [-0.39, 0.29) is 0 Å². The van der Waals surface area contributed by atoms with E-state index in [9.17, 15) is 0 Å². The molecule has 1 aromatic rings. The Balaban J connectivity index is 1.71. The van der Waals surface area contributed by atoms with Gasteiger partial charge in [-0.1, -0.05) is 13.8 Å². The second-order valence-electron chi connectivity index (χ2n) is 5.94. The van der Waals surface area contributed by atoms with Crippen LogP contribution in [0.1, 0.15) is 42.9 Å². The zero-order valence-corrected chi connectivity index (χ0v) is 12.7. The standard InChI is InChI=1S/C15H26N2S/c1-12(2)8-9-17(3)11-15-7-6-14(18-15)10-16-13-4-5-13/h6-7,12-13,16H,4-5,8-11H2,1-3H3. The minimum Gasteiger partial charge on any atom is -0.309 e. The Kier molecular flexibility index (Phi) is 5.22. The maximum atomic E-state index is 3.58. The smallest absolute Gasteiger partial charge is 0.0324 e. The molecule has 1 aromatic heterocycles. The molecule has 0 aromatic carbocycles. The van der Waals surface area contributed by atoms with Crippen molar-refractivity contribution in [3.63, 3.8) is 0 Å². The number of thiophene rings is 1. The molecule has 0 unspecified atom stereocenters. The summed E-state index contributed by atoms with van der Waals surface area (Å²) in [4.78, 5) is 5.41. The first-order chi connectivity index (χ1) is 8.63. The van der Waals surface area contributed by atoms with E-state index in [4.69, 9.17) is 0 Å². The molecule has 0 aliphatic heterocycles. The average molecular weight is 266 g/mol. The Bertz CT molecular complexity index is 355. The molecular weight excluding hydrogens is 240 g/mol. The predicted molar refractivity (Wildman–Crippen MR) is 80.0 cm³/mol. The molecule has 0 radical (unpaired) electrons. The van der Waals surface area contributed by atoms with Crippen LogP contribution in [0.5, 0.6) is 0 Å². The van der Waals surface area contributed by atoms with E-state index in [0.29, 0.717) is 0 Å². The number of nitrogens with zero attached hydrogens (tertiary/aromatic N) is 1. The van der Waals surface area contributed by atoms with Crippen molar-refractivity contribution in [2.75, 3.05) is 13.6 Å². The van der Waals surface area contributed by atoms with Crippen LogP contribution in [0.15, 0.2) is 12.1 Å². The highest BCUT2D eigenvalue weighted by molar-refractivity contribution is 7.11. The molecule has 1 fully saturated rings. The van der Waals surface area contributed by atoms with Crippen molar-refractivity contribution < 1.29 is 0 Å². The van der Waals surface area contributed by atoms with Gasteiger partial charge in [-0.2, -0.15) is 0 Å². The summed E-state index contributed by atoms with van der Waals surface area (Å²) in [6.45, 7) is 7.94. The van der Waals surface area contributed by atoms with Crippen LogP contribution in [0.3, 0.4) is 0 Å². The molecule has 2 nitrogen and oxygen atoms in total. The predicted octanol–water partition coefficient (Wildman–Crippen LogP) is 3.48. The second kappa shape index (κ2) is 6.69. The van der Waals surface area contributed by atoms with Crippen LogP contribution < -0.4 is 5.32 Å². The monoisotopic (exact) mass is 266 g/mol. The normalized spacial score (nSPS) is 15.8. The van der Waals surface area contributed by atoms with Crippen molar-refractivity contribution in [2.24, 2.45) is 5.92 Å². The van der Waals surface area contributed by atoms with Crippen LogP contribution in [0.4, 0.5) is 0 Å². The van der Waals surface area contributed by atoms with Crippen molar-refractivity contribution in [3.05, 3.63) is 21.9 Å². The van der Waals surface area contributed by atoms with Gasteiger partial charge in [0.1, 0.15) is 0 Å². The first-order valence-electron chi connectivity index (χ1n) is 7.13. The summed E-state index contributed by atoms with van der Waals surface area (Å²) in [5, 5.41) is 3.58. The molecule has 0 spiro atoms. The van der Waals surface area contributed by atoms with Gasteiger partial charge in [-0.05, 0) is 50.9 Å². The highest BCUT2D eigenvalue weighted by Gasteiger charge is 2.20. The molecule has 3 heteroatoms. The number of hydrogen-bond donors (Lipinski definition) is 1. The Hall–Kier alpha value is -0.380. The van der Waals surface area contributed by atoms with Gasteiger partial charge in [0.15, 0.2) is 0 Å². The first kappa shape index (κ1) is 14.0. The lowest BCUT2D eigenvalue weighted by molar-refractivity contribution is 0.306. The summed E-state index contributed by atoms with van der Waals surface area (Å²) in [7, 11) is 2.23. The average Bonchev–Trinajstić information content (AvgIpc) is 3.05. The largest absolute Gasteiger partial charge is 0.309 e. The molecule has 18 heavy (non-hydrogen) atoms. The lowest BCUT2D eigenvalue weighted by Crippen LogP contribution is -2.19. The Morgan fingerprint density at radius 1 is 1.33 bits per heavy atom. The zero-order valence-electron chi connectivity index (χ0n) is 11.9. The van der Waals surface area contributed by atoms with Gasteiger partial charge in [0.05, 0.1) is 0 Å². The highest BCUT2D eigenvalue weighted by Crippen LogP contribution is 2.22. The number of rotatable bonds is 8. The van der Waals surface area contributed by atoms with Crippen molar-refractivity contribution in [3.8, 4) is 0 Å². The van der Waals surface area contributed by atoms with Gasteiger partial charge < -0.3 is 10.2 Å². The summed E-state index contributed by atoms with van der Waals surface area (Å²) in [6.07, 6.45) is 4.03. The minimum atomic E-state index is 0.800. The maximum Gasteiger partial charge on any atom is 0.0324 e. The molecule has 0 amide bonds. The summed E-state index contributed by atoms with van der Waals surface area (Å²) in [5.74, 6) is 0.800. The summed E-state index contributed by atoms with van der Waals surface area (Å²) >= 11 is 1.96. The molecule has 0 atom stereocenters. The minimum absolute atomic E-state index is 0.800. The molecule has 0 bridgehead atoms. The molecule has 1 saturated carbocycles. The van der Waals surface area contributed by atoms with Gasteiger partial charge in [0, 0.05) is 28.9 Å². The van der Waals surface area contributed by atoms with E-state index in [2.05, 4.69) is 43.2 Å². The number of nitrogens with one attached hydrogen (secondary N) is 1. The van der Waals surface area contributed by atoms with E-state index < -0.39 is 0 Å². The van der Waals surface area contributed by atoms with Gasteiger partial charge in [0.2, 0.25) is 0 Å². The van der Waals surface area contributed by atoms with E-state index in [1.54, 1.807) is 0 Å². The van der Waals surface area contributed by atoms with E-state index >= 15 is 0 Å². The van der Waals surface area contributed by atoms with Crippen molar-refractivity contribution in [1.82, 2.24) is 10.2 Å². The first-order valence-corrected chi connectivity index (χ1v) is 7.94. The van der Waals surface area contributed by atoms with Crippen molar-refractivity contribution in [2.45, 2.75) is 52.2 Å². The van der Waals surface area contributed by atoms with Crippen LogP contribution in [0, 0.1) is 5.92 Å². The van der Waals surface area contributed by atoms with Gasteiger partial charge >= 0.3 is 0 Å². The van der Waals surface area contributed by atoms with Gasteiger partial charge in [-0.3, -0.25) is 0 Å². The summed E-state index contributed by atoms with van der Waals surface area (Å²) < 4.78 is 0. The highest BCUT2D eigenvalue weighted by atomic mass is 32.1. The van der Waals surface area contributed by atoms with Crippen LogP contribution in [-0.2, 0) is 13.1 Å². The molecular formula is C15H26N2S. The van der Waals surface area contributed by atoms with Gasteiger partial charge in [0.25, 0.3) is 0 Å². The molecule has 1 aliphatic carbocycles. The SMILES string of the molecule is CC(C)CCN(C)Cc1ccc(CNC2CC2)s1. The fourth-order valence-corrected chi connectivity index (χ4v) is 3.01. The lowest BCUT2D eigenvalue weighted by Gasteiger charge is -2.16. The fourth-order valence-electron chi connectivity index (χ4n) is 1.96. The molecule has 102 valence electrons. The van der Waals surface area contributed by atoms with Gasteiger partial charge in [-0.25, -0.2) is 0 Å². The third kappa shape index (κ3) is 5.09. The topological polar surface area (TPSA) is 15.3 Å². The zero-order chi connectivity index (χ0) is 13.0. The van der Waals surface area contributed by atoms with Crippen LogP contribution >= 0.6 is 11.3 Å². The summed E-state index contributed by atoms with van der Waals surface area (Å²) in [6, 6.07) is 5.39. The Morgan fingerprint density at radius 2 is 2.06 bits per heavy atom. The van der Waals surface area contributed by atoms with E-state index in [0.717, 1.165) is 25.0 Å². The van der Waals surface area contributed by atoms with Crippen LogP contribution in [0.25, 0.3) is 0 Å². The Morgan fingerprint density at radius 3 is 2.72 bits per heavy atom. The summed E-state index contributed by atoms with van der Waals surface area (Å²) in [5.41, 5.74) is 0. The lowest BCUT2D eigenvalue weighted by atomic mass is 10.1. The van der Waals surface area contributed by atoms with Gasteiger partial charge in [-0.15, -0.1) is 11.3 Å². The van der Waals surface area contributed by atoms with Crippen molar-refractivity contribution >= 4 is 11.3 Å². The van der Waals surface area contributed by atoms with Crippen molar-refractivity contribution in [1.29, 1.82) is 0 Å². The third-order valence-electron chi connectivity index (χ3n) is 3.37. The van der Waals surface area contributed by atoms with E-state index in [1.165, 1.54) is 35.6 Å². The quantitative estimate of drug-likeness (QED) is 0.775. The fraction of sp³-hybridized carbons (Fsp3) is 0.733. The molecule has 1 N–H and O–H groups in total. The third-order valence-corrected chi connectivity index (χ3v) is 4.44. The second-order valence-corrected chi connectivity index (χ2v) is 7.20. The molecule has 2 rings (SSSR count). The Labute approximate surface area is 115 Å². The molecule has 0 saturated heterocycles. The van der Waals surface area contributed by atoms with Crippen LogP contribution in [0.2, 0.25) is 0 Å². The maximum absolute atomic E-state index is 3.58. The number of hydrogen-bond acceptors (Lipinski definition) is 3. The van der Waals surface area contributed by atoms with E-state index in [1.807, 2.05) is 11.3 Å². The molecule has 1 aliphatic rings.